The van der Waals surface area contributed by atoms with Gasteiger partial charge in [0.05, 0.1) is 5.02 Å². The summed E-state index contributed by atoms with van der Waals surface area (Å²) >= 11 is 9.52. The molecule has 2 aromatic carbocycles. The number of ether oxygens (including phenoxy) is 1. The number of carbonyl (C=O) groups is 2. The number of halogens is 2. The van der Waals surface area contributed by atoms with Gasteiger partial charge < -0.3 is 15.0 Å². The van der Waals surface area contributed by atoms with Gasteiger partial charge in [0.15, 0.2) is 6.61 Å². The second-order valence-electron chi connectivity index (χ2n) is 6.69. The first-order chi connectivity index (χ1) is 13.8. The zero-order valence-electron chi connectivity index (χ0n) is 16.9. The molecule has 0 heterocycles. The molecule has 2 amide bonds. The van der Waals surface area contributed by atoms with Crippen molar-refractivity contribution >= 4 is 39.3 Å². The number of likely N-dealkylation sites (N-methyl/N-ethyl adjacent to an activating group) is 1. The molecule has 0 spiro atoms. The first-order valence-corrected chi connectivity index (χ1v) is 10.7. The molecule has 156 valence electrons. The molecule has 1 N–H and O–H groups in total. The van der Waals surface area contributed by atoms with Crippen LogP contribution in [0, 0.1) is 6.92 Å². The molecule has 0 aliphatic heterocycles. The van der Waals surface area contributed by atoms with Crippen molar-refractivity contribution in [3.63, 3.8) is 0 Å². The van der Waals surface area contributed by atoms with E-state index in [0.29, 0.717) is 30.3 Å². The van der Waals surface area contributed by atoms with Crippen molar-refractivity contribution in [1.82, 2.24) is 10.2 Å². The fourth-order valence-electron chi connectivity index (χ4n) is 2.92. The van der Waals surface area contributed by atoms with Crippen molar-refractivity contribution in [1.29, 1.82) is 0 Å². The highest BCUT2D eigenvalue weighted by molar-refractivity contribution is 9.10. The summed E-state index contributed by atoms with van der Waals surface area (Å²) in [6, 6.07) is 12.5. The summed E-state index contributed by atoms with van der Waals surface area (Å²) in [6.45, 7) is 6.38. The summed E-state index contributed by atoms with van der Waals surface area (Å²) in [5.74, 6) is -0.0237. The molecule has 0 unspecified atom stereocenters. The van der Waals surface area contributed by atoms with Gasteiger partial charge >= 0.3 is 0 Å². The van der Waals surface area contributed by atoms with Crippen LogP contribution in [0.4, 0.5) is 0 Å². The molecule has 0 radical (unpaired) electrons. The molecule has 0 aliphatic carbocycles. The Balaban J connectivity index is 2.20. The zero-order valence-corrected chi connectivity index (χ0v) is 19.2. The normalized spacial score (nSPS) is 11.6. The van der Waals surface area contributed by atoms with Crippen LogP contribution in [-0.4, -0.2) is 35.9 Å². The Morgan fingerprint density at radius 2 is 1.86 bits per heavy atom. The first kappa shape index (κ1) is 23.2. The zero-order chi connectivity index (χ0) is 21.4. The van der Waals surface area contributed by atoms with E-state index in [0.717, 1.165) is 15.6 Å². The molecule has 0 aliphatic rings. The minimum absolute atomic E-state index is 0.169. The molecule has 0 fully saturated rings. The number of benzene rings is 2. The first-order valence-electron chi connectivity index (χ1n) is 9.56. The van der Waals surface area contributed by atoms with E-state index < -0.39 is 6.04 Å². The van der Waals surface area contributed by atoms with Gasteiger partial charge in [-0.05, 0) is 44.0 Å². The monoisotopic (exact) mass is 480 g/mol. The highest BCUT2D eigenvalue weighted by Gasteiger charge is 2.28. The van der Waals surface area contributed by atoms with Gasteiger partial charge in [0.25, 0.3) is 5.91 Å². The van der Waals surface area contributed by atoms with Crippen molar-refractivity contribution in [2.45, 2.75) is 39.8 Å². The van der Waals surface area contributed by atoms with Crippen LogP contribution in [0.3, 0.4) is 0 Å². The van der Waals surface area contributed by atoms with Gasteiger partial charge in [-0.25, -0.2) is 0 Å². The van der Waals surface area contributed by atoms with Crippen LogP contribution in [0.1, 0.15) is 31.4 Å². The molecule has 2 aromatic rings. The van der Waals surface area contributed by atoms with Crippen LogP contribution in [0.25, 0.3) is 0 Å². The maximum Gasteiger partial charge on any atom is 0.261 e. The topological polar surface area (TPSA) is 58.6 Å². The third kappa shape index (κ3) is 6.75. The lowest BCUT2D eigenvalue weighted by atomic mass is 10.1. The third-order valence-corrected chi connectivity index (χ3v) is 5.24. The summed E-state index contributed by atoms with van der Waals surface area (Å²) < 4.78 is 6.47. The van der Waals surface area contributed by atoms with Crippen LogP contribution < -0.4 is 10.1 Å². The van der Waals surface area contributed by atoms with E-state index >= 15 is 0 Å². The van der Waals surface area contributed by atoms with Crippen molar-refractivity contribution in [2.75, 3.05) is 13.2 Å². The lowest BCUT2D eigenvalue weighted by molar-refractivity contribution is -0.142. The Labute approximate surface area is 185 Å². The maximum absolute atomic E-state index is 13.0. The van der Waals surface area contributed by atoms with E-state index in [2.05, 4.69) is 21.2 Å². The number of nitrogens with zero attached hydrogens (tertiary/aromatic N) is 1. The lowest BCUT2D eigenvalue weighted by Gasteiger charge is -2.30. The van der Waals surface area contributed by atoms with Crippen molar-refractivity contribution in [2.24, 2.45) is 0 Å². The molecule has 2 rings (SSSR count). The van der Waals surface area contributed by atoms with Crippen LogP contribution in [0.15, 0.2) is 46.9 Å². The molecule has 1 atom stereocenters. The molecule has 7 heteroatoms. The van der Waals surface area contributed by atoms with E-state index in [-0.39, 0.29) is 18.4 Å². The minimum Gasteiger partial charge on any atom is -0.482 e. The van der Waals surface area contributed by atoms with E-state index in [1.807, 2.05) is 45.0 Å². The molecule has 0 saturated heterocycles. The van der Waals surface area contributed by atoms with Gasteiger partial charge in [-0.1, -0.05) is 64.3 Å². The third-order valence-electron chi connectivity index (χ3n) is 4.46. The Hall–Kier alpha value is -2.05. The van der Waals surface area contributed by atoms with Crippen LogP contribution in [0.5, 0.6) is 5.75 Å². The summed E-state index contributed by atoms with van der Waals surface area (Å²) in [5.41, 5.74) is 2.09. The molecular weight excluding hydrogens is 456 g/mol. The largest absolute Gasteiger partial charge is 0.482 e. The van der Waals surface area contributed by atoms with Crippen molar-refractivity contribution in [3.8, 4) is 5.75 Å². The van der Waals surface area contributed by atoms with Crippen LogP contribution in [-0.2, 0) is 16.1 Å². The number of carbonyl (C=O) groups excluding carboxylic acids is 2. The highest BCUT2D eigenvalue weighted by Crippen LogP contribution is 2.27. The quantitative estimate of drug-likeness (QED) is 0.563. The van der Waals surface area contributed by atoms with Crippen molar-refractivity contribution in [3.05, 3.63) is 63.1 Å². The predicted molar refractivity (Wildman–Crippen MR) is 119 cm³/mol. The van der Waals surface area contributed by atoms with Gasteiger partial charge in [-0.3, -0.25) is 9.59 Å². The average Bonchev–Trinajstić information content (AvgIpc) is 2.68. The number of hydrogen-bond donors (Lipinski definition) is 1. The standard InChI is InChI=1S/C22H26BrClN2O3/c1-4-19(22(28)25-5-2)26(13-16-8-6-15(3)7-9-16)21(27)14-29-20-11-10-17(23)12-18(20)24/h6-12,19H,4-5,13-14H2,1-3H3,(H,25,28)/t19-/m0/s1. The van der Waals surface area contributed by atoms with Gasteiger partial charge in [-0.2, -0.15) is 0 Å². The van der Waals surface area contributed by atoms with Gasteiger partial charge in [0.1, 0.15) is 11.8 Å². The number of rotatable bonds is 9. The molecule has 0 bridgehead atoms. The molecular formula is C22H26BrClN2O3. The minimum atomic E-state index is -0.576. The van der Waals surface area contributed by atoms with Crippen LogP contribution in [0.2, 0.25) is 5.02 Å². The van der Waals surface area contributed by atoms with E-state index in [1.54, 1.807) is 23.1 Å². The SMILES string of the molecule is CCNC(=O)[C@H](CC)N(Cc1ccc(C)cc1)C(=O)COc1ccc(Br)cc1Cl. The fraction of sp³-hybridized carbons (Fsp3) is 0.364. The lowest BCUT2D eigenvalue weighted by Crippen LogP contribution is -2.50. The highest BCUT2D eigenvalue weighted by atomic mass is 79.9. The Bertz CT molecular complexity index is 842. The van der Waals surface area contributed by atoms with E-state index in [9.17, 15) is 9.59 Å². The van der Waals surface area contributed by atoms with E-state index in [4.69, 9.17) is 16.3 Å². The van der Waals surface area contributed by atoms with Gasteiger partial charge in [-0.15, -0.1) is 0 Å². The van der Waals surface area contributed by atoms with Crippen molar-refractivity contribution < 1.29 is 14.3 Å². The average molecular weight is 482 g/mol. The number of amides is 2. The second-order valence-corrected chi connectivity index (χ2v) is 8.01. The van der Waals surface area contributed by atoms with Gasteiger partial charge in [0, 0.05) is 17.6 Å². The number of aryl methyl sites for hydroxylation is 1. The molecule has 0 aromatic heterocycles. The summed E-state index contributed by atoms with van der Waals surface area (Å²) in [6.07, 6.45) is 0.502. The van der Waals surface area contributed by atoms with E-state index in [1.165, 1.54) is 0 Å². The molecule has 5 nitrogen and oxygen atoms in total. The fourth-order valence-corrected chi connectivity index (χ4v) is 3.64. The summed E-state index contributed by atoms with van der Waals surface area (Å²) in [7, 11) is 0. The Morgan fingerprint density at radius 1 is 1.17 bits per heavy atom. The predicted octanol–water partition coefficient (Wildman–Crippen LogP) is 4.73. The summed E-state index contributed by atoms with van der Waals surface area (Å²) in [4.78, 5) is 27.2. The second kappa shape index (κ2) is 11.2. The molecule has 29 heavy (non-hydrogen) atoms. The molecule has 0 saturated carbocycles. The summed E-state index contributed by atoms with van der Waals surface area (Å²) in [5, 5.41) is 3.23. The Morgan fingerprint density at radius 3 is 2.45 bits per heavy atom. The number of hydrogen-bond acceptors (Lipinski definition) is 3. The Kier molecular flexibility index (Phi) is 8.99. The number of nitrogens with one attached hydrogen (secondary N) is 1. The van der Waals surface area contributed by atoms with Gasteiger partial charge in [0.2, 0.25) is 5.91 Å². The maximum atomic E-state index is 13.0. The van der Waals surface area contributed by atoms with Crippen LogP contribution >= 0.6 is 27.5 Å². The smallest absolute Gasteiger partial charge is 0.261 e.